The van der Waals surface area contributed by atoms with E-state index < -0.39 is 16.1 Å². The Kier molecular flexibility index (Phi) is 7.10. The molecule has 1 saturated heterocycles. The number of allylic oxidation sites excluding steroid dienone is 1. The van der Waals surface area contributed by atoms with Crippen LogP contribution in [0.25, 0.3) is 16.8 Å². The van der Waals surface area contributed by atoms with Gasteiger partial charge in [0.1, 0.15) is 6.07 Å². The van der Waals surface area contributed by atoms with Gasteiger partial charge in [0.05, 0.1) is 6.10 Å². The molecule has 1 atom stereocenters. The normalized spacial score (nSPS) is 17.1. The van der Waals surface area contributed by atoms with Gasteiger partial charge in [-0.2, -0.15) is 5.26 Å². The molecule has 0 spiro atoms. The molecule has 30 heavy (non-hydrogen) atoms. The number of nitriles is 1. The SMILES string of the molecule is CCC(O)CNS(=O)(=O)/C(C#N)=C/c1ccc2cc(N3CCN(C)CC3)ccc2c1. The highest BCUT2D eigenvalue weighted by Gasteiger charge is 2.19. The van der Waals surface area contributed by atoms with E-state index in [9.17, 15) is 18.8 Å². The summed E-state index contributed by atoms with van der Waals surface area (Å²) in [6.07, 6.45) is 0.999. The lowest BCUT2D eigenvalue weighted by atomic mass is 10.1. The van der Waals surface area contributed by atoms with Gasteiger partial charge >= 0.3 is 0 Å². The fourth-order valence-corrected chi connectivity index (χ4v) is 4.33. The number of hydrogen-bond donors (Lipinski definition) is 2. The van der Waals surface area contributed by atoms with Gasteiger partial charge in [0, 0.05) is 38.4 Å². The third-order valence-corrected chi connectivity index (χ3v) is 6.73. The van der Waals surface area contributed by atoms with Gasteiger partial charge in [-0.05, 0) is 54.1 Å². The summed E-state index contributed by atoms with van der Waals surface area (Å²) in [5.74, 6) is 0. The largest absolute Gasteiger partial charge is 0.392 e. The Morgan fingerprint density at radius 1 is 1.20 bits per heavy atom. The second-order valence-electron chi connectivity index (χ2n) is 7.62. The first-order chi connectivity index (χ1) is 14.3. The maximum absolute atomic E-state index is 12.4. The molecule has 3 rings (SSSR count). The smallest absolute Gasteiger partial charge is 0.250 e. The average Bonchev–Trinajstić information content (AvgIpc) is 2.75. The van der Waals surface area contributed by atoms with Crippen LogP contribution in [0, 0.1) is 11.3 Å². The molecule has 1 aliphatic rings. The molecule has 1 aliphatic heterocycles. The Morgan fingerprint density at radius 2 is 1.87 bits per heavy atom. The van der Waals surface area contributed by atoms with Crippen LogP contribution in [0.5, 0.6) is 0 Å². The lowest BCUT2D eigenvalue weighted by molar-refractivity contribution is 0.174. The third-order valence-electron chi connectivity index (χ3n) is 5.39. The zero-order chi connectivity index (χ0) is 21.7. The van der Waals surface area contributed by atoms with Gasteiger partial charge in [0.25, 0.3) is 10.0 Å². The van der Waals surface area contributed by atoms with Crippen molar-refractivity contribution in [1.29, 1.82) is 5.26 Å². The molecule has 2 aromatic carbocycles. The molecule has 1 fully saturated rings. The number of benzene rings is 2. The maximum Gasteiger partial charge on any atom is 0.250 e. The molecule has 0 aliphatic carbocycles. The van der Waals surface area contributed by atoms with Crippen LogP contribution < -0.4 is 9.62 Å². The molecule has 1 heterocycles. The molecule has 2 N–H and O–H groups in total. The van der Waals surface area contributed by atoms with E-state index in [1.54, 1.807) is 13.0 Å². The fourth-order valence-electron chi connectivity index (χ4n) is 3.35. The first-order valence-corrected chi connectivity index (χ1v) is 11.6. The molecule has 0 amide bonds. The molecule has 0 bridgehead atoms. The topological polar surface area (TPSA) is 96.7 Å². The van der Waals surface area contributed by atoms with Gasteiger partial charge in [-0.15, -0.1) is 0 Å². The maximum atomic E-state index is 12.4. The monoisotopic (exact) mass is 428 g/mol. The zero-order valence-electron chi connectivity index (χ0n) is 17.4. The lowest BCUT2D eigenvalue weighted by Crippen LogP contribution is -2.44. The van der Waals surface area contributed by atoms with Gasteiger partial charge in [-0.1, -0.05) is 25.1 Å². The van der Waals surface area contributed by atoms with Crippen LogP contribution in [-0.4, -0.2) is 64.3 Å². The highest BCUT2D eigenvalue weighted by atomic mass is 32.2. The van der Waals surface area contributed by atoms with E-state index in [0.717, 1.165) is 37.0 Å². The highest BCUT2D eigenvalue weighted by Crippen LogP contribution is 2.25. The Hall–Kier alpha value is -2.44. The summed E-state index contributed by atoms with van der Waals surface area (Å²) in [4.78, 5) is 4.30. The molecule has 0 saturated carbocycles. The molecule has 0 aromatic heterocycles. The molecule has 8 heteroatoms. The van der Waals surface area contributed by atoms with Gasteiger partial charge < -0.3 is 14.9 Å². The molecule has 2 aromatic rings. The van der Waals surface area contributed by atoms with Crippen LogP contribution in [0.3, 0.4) is 0 Å². The van der Waals surface area contributed by atoms with E-state index in [4.69, 9.17) is 0 Å². The van der Waals surface area contributed by atoms with Gasteiger partial charge in [0.2, 0.25) is 0 Å². The van der Waals surface area contributed by atoms with Gasteiger partial charge in [-0.3, -0.25) is 0 Å². The number of nitrogens with zero attached hydrogens (tertiary/aromatic N) is 3. The Balaban J connectivity index is 1.82. The predicted molar refractivity (Wildman–Crippen MR) is 120 cm³/mol. The number of nitrogens with one attached hydrogen (secondary N) is 1. The summed E-state index contributed by atoms with van der Waals surface area (Å²) in [7, 11) is -1.85. The van der Waals surface area contributed by atoms with Crippen molar-refractivity contribution in [2.24, 2.45) is 0 Å². The second-order valence-corrected chi connectivity index (χ2v) is 9.35. The molecule has 160 valence electrons. The first kappa shape index (κ1) is 22.2. The zero-order valence-corrected chi connectivity index (χ0v) is 18.2. The summed E-state index contributed by atoms with van der Waals surface area (Å²) < 4.78 is 27.0. The number of likely N-dealkylation sites (N-methyl/N-ethyl adjacent to an activating group) is 1. The summed E-state index contributed by atoms with van der Waals surface area (Å²) in [5, 5.41) is 21.0. The Bertz CT molecular complexity index is 1070. The summed E-state index contributed by atoms with van der Waals surface area (Å²) in [5.41, 5.74) is 1.81. The minimum Gasteiger partial charge on any atom is -0.392 e. The molecule has 0 radical (unpaired) electrons. The van der Waals surface area contributed by atoms with E-state index in [1.165, 1.54) is 11.8 Å². The van der Waals surface area contributed by atoms with Crippen molar-refractivity contribution >= 4 is 32.6 Å². The second kappa shape index (κ2) is 9.58. The summed E-state index contributed by atoms with van der Waals surface area (Å²) in [6.45, 7) is 5.69. The van der Waals surface area contributed by atoms with Gasteiger partial charge in [0.15, 0.2) is 4.91 Å². The van der Waals surface area contributed by atoms with E-state index in [-0.39, 0.29) is 11.4 Å². The van der Waals surface area contributed by atoms with Crippen molar-refractivity contribution in [1.82, 2.24) is 9.62 Å². The van der Waals surface area contributed by atoms with E-state index in [2.05, 4.69) is 33.7 Å². The van der Waals surface area contributed by atoms with E-state index in [0.29, 0.717) is 12.0 Å². The number of anilines is 1. The minimum absolute atomic E-state index is 0.120. The summed E-state index contributed by atoms with van der Waals surface area (Å²) in [6, 6.07) is 13.6. The van der Waals surface area contributed by atoms with Crippen molar-refractivity contribution < 1.29 is 13.5 Å². The highest BCUT2D eigenvalue weighted by molar-refractivity contribution is 7.93. The quantitative estimate of drug-likeness (QED) is 0.656. The Morgan fingerprint density at radius 3 is 2.53 bits per heavy atom. The standard InChI is InChI=1S/C22H28N4O3S/c1-3-21(27)16-24-30(28,29)22(15-23)13-17-4-5-19-14-20(7-6-18(19)12-17)26-10-8-25(2)9-11-26/h4-7,12-14,21,24,27H,3,8-11,16H2,1-2H3/b22-13+. The average molecular weight is 429 g/mol. The molecular formula is C22H28N4O3S. The molecule has 7 nitrogen and oxygen atoms in total. The molecular weight excluding hydrogens is 400 g/mol. The van der Waals surface area contributed by atoms with Crippen molar-refractivity contribution in [2.75, 3.05) is 44.7 Å². The predicted octanol–water partition coefficient (Wildman–Crippen LogP) is 2.15. The van der Waals surface area contributed by atoms with Crippen molar-refractivity contribution in [3.05, 3.63) is 46.9 Å². The van der Waals surface area contributed by atoms with E-state index >= 15 is 0 Å². The molecule has 1 unspecified atom stereocenters. The van der Waals surface area contributed by atoms with Crippen molar-refractivity contribution in [3.8, 4) is 6.07 Å². The number of fused-ring (bicyclic) bond motifs is 1. The number of aliphatic hydroxyl groups is 1. The number of aliphatic hydroxyl groups excluding tert-OH is 1. The van der Waals surface area contributed by atoms with Crippen LogP contribution in [0.1, 0.15) is 18.9 Å². The van der Waals surface area contributed by atoms with Gasteiger partial charge in [-0.25, -0.2) is 13.1 Å². The first-order valence-electron chi connectivity index (χ1n) is 10.1. The van der Waals surface area contributed by atoms with Crippen LogP contribution in [0.15, 0.2) is 41.3 Å². The minimum atomic E-state index is -3.98. The number of piperazine rings is 1. The van der Waals surface area contributed by atoms with Crippen LogP contribution in [-0.2, 0) is 10.0 Å². The van der Waals surface area contributed by atoms with Crippen molar-refractivity contribution in [2.45, 2.75) is 19.4 Å². The Labute approximate surface area is 178 Å². The van der Waals surface area contributed by atoms with Crippen LogP contribution >= 0.6 is 0 Å². The van der Waals surface area contributed by atoms with E-state index in [1.807, 2.05) is 24.3 Å². The number of rotatable bonds is 7. The van der Waals surface area contributed by atoms with Crippen LogP contribution in [0.4, 0.5) is 5.69 Å². The lowest BCUT2D eigenvalue weighted by Gasteiger charge is -2.34. The summed E-state index contributed by atoms with van der Waals surface area (Å²) >= 11 is 0. The van der Waals surface area contributed by atoms with Crippen LogP contribution in [0.2, 0.25) is 0 Å². The third kappa shape index (κ3) is 5.37. The fraction of sp³-hybridized carbons (Fsp3) is 0.409. The number of sulfonamides is 1. The van der Waals surface area contributed by atoms with Crippen molar-refractivity contribution in [3.63, 3.8) is 0 Å². The number of hydrogen-bond acceptors (Lipinski definition) is 6.